The molecule has 3 rings (SSSR count). The van der Waals surface area contributed by atoms with Gasteiger partial charge >= 0.3 is 8.80 Å². The summed E-state index contributed by atoms with van der Waals surface area (Å²) < 4.78 is 36.1. The van der Waals surface area contributed by atoms with Crippen molar-refractivity contribution in [2.45, 2.75) is 254 Å². The molecule has 0 radical (unpaired) electrons. The lowest BCUT2D eigenvalue weighted by atomic mass is 10.0. The van der Waals surface area contributed by atoms with Crippen molar-refractivity contribution < 1.29 is 77.9 Å². The maximum atomic E-state index is 10.6. The van der Waals surface area contributed by atoms with Gasteiger partial charge in [-0.3, -0.25) is 0 Å². The molecule has 0 bridgehead atoms. The van der Waals surface area contributed by atoms with Crippen molar-refractivity contribution in [3.8, 4) is 0 Å². The summed E-state index contributed by atoms with van der Waals surface area (Å²) in [5.74, 6) is 0. The van der Waals surface area contributed by atoms with E-state index in [1.807, 2.05) is 0 Å². The van der Waals surface area contributed by atoms with Crippen LogP contribution in [-0.2, 0) is 27.5 Å². The second-order valence-corrected chi connectivity index (χ2v) is 22.2. The van der Waals surface area contributed by atoms with Crippen molar-refractivity contribution in [1.82, 2.24) is 0 Å². The number of rotatable bonds is 39. The predicted molar refractivity (Wildman–Crippen MR) is 245 cm³/mol. The Kier molecular flexibility index (Phi) is 29.3. The first-order valence-corrected chi connectivity index (χ1v) is 27.5. The van der Waals surface area contributed by atoms with Crippen LogP contribution in [-0.4, -0.2) is 180 Å². The number of unbranched alkanes of at least 4 members (excludes halogenated alkanes) is 22. The molecule has 0 spiro atoms. The fourth-order valence-corrected chi connectivity index (χ4v) is 11.8. The minimum absolute atomic E-state index is 0.201. The highest BCUT2D eigenvalue weighted by molar-refractivity contribution is 6.60. The highest BCUT2D eigenvalue weighted by Gasteiger charge is 2.51. The fourth-order valence-electron chi connectivity index (χ4n) is 9.25. The average molecular weight is 941 g/mol. The third-order valence-electron chi connectivity index (χ3n) is 13.7. The maximum absolute atomic E-state index is 10.6. The fraction of sp³-hybridized carbons (Fsp3) is 1.00. The zero-order valence-electron chi connectivity index (χ0n) is 40.0. The lowest BCUT2D eigenvalue weighted by molar-refractivity contribution is -0.910. The third-order valence-corrected chi connectivity index (χ3v) is 16.5. The van der Waals surface area contributed by atoms with Crippen LogP contribution in [0.15, 0.2) is 0 Å². The van der Waals surface area contributed by atoms with E-state index >= 15 is 0 Å². The van der Waals surface area contributed by atoms with Gasteiger partial charge in [-0.15, -0.1) is 0 Å². The molecule has 0 aliphatic carbocycles. The molecule has 380 valence electrons. The van der Waals surface area contributed by atoms with Gasteiger partial charge in [0.25, 0.3) is 0 Å². The molecule has 16 nitrogen and oxygen atoms in total. The van der Waals surface area contributed by atoms with Gasteiger partial charge in [0.2, 0.25) is 0 Å². The van der Waals surface area contributed by atoms with Crippen LogP contribution in [0.25, 0.3) is 0 Å². The van der Waals surface area contributed by atoms with Gasteiger partial charge < -0.3 is 77.9 Å². The SMILES string of the molecule is CCCCCCCCCCCCCCCCCC[N+](C)(CCCCCCCCCC)CCC[Si](OCC1OC(O)C(O)C1O)(OCC1OC(O)C(O)C1O)OCC1OC(O)C(O)C1O. The summed E-state index contributed by atoms with van der Waals surface area (Å²) in [5, 5.41) is 92.7. The van der Waals surface area contributed by atoms with Gasteiger partial charge in [-0.1, -0.05) is 142 Å². The number of nitrogens with zero attached hydrogens (tertiary/aromatic N) is 1. The van der Waals surface area contributed by atoms with Gasteiger partial charge in [-0.05, 0) is 25.7 Å². The van der Waals surface area contributed by atoms with Crippen molar-refractivity contribution in [3.63, 3.8) is 0 Å². The summed E-state index contributed by atoms with van der Waals surface area (Å²) in [6.07, 6.45) is 13.8. The third kappa shape index (κ3) is 21.1. The first-order valence-electron chi connectivity index (χ1n) is 25.6. The van der Waals surface area contributed by atoms with Crippen molar-refractivity contribution in [3.05, 3.63) is 0 Å². The Morgan fingerprint density at radius 3 is 0.859 bits per heavy atom. The molecule has 3 fully saturated rings. The van der Waals surface area contributed by atoms with E-state index in [0.29, 0.717) is 6.42 Å². The summed E-state index contributed by atoms with van der Waals surface area (Å²) in [7, 11) is -1.74. The van der Waals surface area contributed by atoms with Crippen LogP contribution in [0.3, 0.4) is 0 Å². The number of quaternary nitrogens is 1. The first-order chi connectivity index (χ1) is 30.8. The Morgan fingerprint density at radius 1 is 0.359 bits per heavy atom. The molecular formula is C47H94NO15Si+. The van der Waals surface area contributed by atoms with Crippen LogP contribution in [0.2, 0.25) is 6.04 Å². The van der Waals surface area contributed by atoms with E-state index in [1.54, 1.807) is 0 Å². The molecule has 0 aromatic carbocycles. The summed E-state index contributed by atoms with van der Waals surface area (Å²) in [5.41, 5.74) is 0. The second kappa shape index (κ2) is 32.4. The van der Waals surface area contributed by atoms with E-state index in [1.165, 1.54) is 135 Å². The molecule has 17 heteroatoms. The average Bonchev–Trinajstić information content (AvgIpc) is 3.79. The van der Waals surface area contributed by atoms with Crippen LogP contribution < -0.4 is 0 Å². The van der Waals surface area contributed by atoms with Crippen LogP contribution in [0.1, 0.15) is 174 Å². The molecule has 3 saturated heterocycles. The van der Waals surface area contributed by atoms with Crippen LogP contribution >= 0.6 is 0 Å². The summed E-state index contributed by atoms with van der Waals surface area (Å²) in [6, 6.07) is 0.201. The molecule has 3 aliphatic heterocycles. The lowest BCUT2D eigenvalue weighted by Gasteiger charge is -2.37. The molecule has 13 atom stereocenters. The van der Waals surface area contributed by atoms with Crippen LogP contribution in [0.5, 0.6) is 0 Å². The Bertz CT molecular complexity index is 1090. The molecule has 0 aromatic heterocycles. The highest BCUT2D eigenvalue weighted by Crippen LogP contribution is 2.30. The summed E-state index contributed by atoms with van der Waals surface area (Å²) >= 11 is 0. The van der Waals surface area contributed by atoms with Gasteiger partial charge in [0, 0.05) is 12.5 Å². The Labute approximate surface area is 386 Å². The number of aliphatic hydroxyl groups excluding tert-OH is 9. The quantitative estimate of drug-likeness (QED) is 0.0234. The van der Waals surface area contributed by atoms with E-state index in [0.717, 1.165) is 43.4 Å². The number of hydrogen-bond acceptors (Lipinski definition) is 15. The molecule has 3 heterocycles. The van der Waals surface area contributed by atoms with Crippen LogP contribution in [0, 0.1) is 0 Å². The molecular weight excluding hydrogens is 847 g/mol. The van der Waals surface area contributed by atoms with Gasteiger partial charge in [-0.25, -0.2) is 0 Å². The zero-order valence-corrected chi connectivity index (χ0v) is 41.0. The Hall–Kier alpha value is -0.423. The first kappa shape index (κ1) is 57.9. The standard InChI is InChI=1S/C47H94NO15Si/c1-4-6-8-10-12-14-15-16-17-18-19-20-21-23-25-27-30-48(3,29-26-24-22-13-11-9-7-5-2)31-28-32-64(58-33-36-39(49)42(52)45(55)61-36,59-34-37-40(50)43(53)46(56)62-37)60-35-38-41(51)44(54)47(57)63-38/h36-47,49-57H,4-35H2,1-3H3/q+1. The van der Waals surface area contributed by atoms with Crippen molar-refractivity contribution in [1.29, 1.82) is 0 Å². The highest BCUT2D eigenvalue weighted by atomic mass is 28.4. The number of hydrogen-bond donors (Lipinski definition) is 9. The normalized spacial score (nSPS) is 31.5. The largest absolute Gasteiger partial charge is 0.501 e. The minimum atomic E-state index is -4.03. The van der Waals surface area contributed by atoms with E-state index in [-0.39, 0.29) is 25.9 Å². The predicted octanol–water partition coefficient (Wildman–Crippen LogP) is 4.53. The molecule has 64 heavy (non-hydrogen) atoms. The zero-order chi connectivity index (χ0) is 46.8. The molecule has 13 unspecified atom stereocenters. The van der Waals surface area contributed by atoms with E-state index in [4.69, 9.17) is 27.5 Å². The van der Waals surface area contributed by atoms with Gasteiger partial charge in [0.1, 0.15) is 54.9 Å². The van der Waals surface area contributed by atoms with Gasteiger partial charge in [-0.2, -0.15) is 0 Å². The monoisotopic (exact) mass is 941 g/mol. The van der Waals surface area contributed by atoms with Crippen molar-refractivity contribution >= 4 is 8.80 Å². The Morgan fingerprint density at radius 2 is 0.609 bits per heavy atom. The van der Waals surface area contributed by atoms with Gasteiger partial charge in [0.05, 0.1) is 46.5 Å². The lowest BCUT2D eigenvalue weighted by Crippen LogP contribution is -2.53. The smallest absolute Gasteiger partial charge is 0.387 e. The molecule has 0 amide bonds. The molecule has 0 saturated carbocycles. The van der Waals surface area contributed by atoms with Gasteiger partial charge in [0.15, 0.2) is 18.9 Å². The van der Waals surface area contributed by atoms with E-state index < -0.39 is 82.6 Å². The number of ether oxygens (including phenoxy) is 3. The van der Waals surface area contributed by atoms with Crippen molar-refractivity contribution in [2.24, 2.45) is 0 Å². The van der Waals surface area contributed by atoms with Crippen LogP contribution in [0.4, 0.5) is 0 Å². The molecule has 9 N–H and O–H groups in total. The maximum Gasteiger partial charge on any atom is 0.501 e. The summed E-state index contributed by atoms with van der Waals surface area (Å²) in [6.45, 7) is 6.13. The van der Waals surface area contributed by atoms with E-state index in [2.05, 4.69) is 20.9 Å². The topological polar surface area (TPSA) is 237 Å². The molecule has 0 aromatic rings. The Balaban J connectivity index is 1.64. The number of aliphatic hydroxyl groups is 9. The minimum Gasteiger partial charge on any atom is -0.387 e. The van der Waals surface area contributed by atoms with E-state index in [9.17, 15) is 46.0 Å². The molecule has 3 aliphatic rings. The van der Waals surface area contributed by atoms with Crippen molar-refractivity contribution in [2.75, 3.05) is 46.5 Å². The second-order valence-electron chi connectivity index (χ2n) is 19.4. The summed E-state index contributed by atoms with van der Waals surface area (Å²) in [4.78, 5) is 0.